The van der Waals surface area contributed by atoms with Gasteiger partial charge in [-0.25, -0.2) is 15.0 Å². The van der Waals surface area contributed by atoms with E-state index in [1.54, 1.807) is 18.5 Å². The Morgan fingerprint density at radius 2 is 1.75 bits per heavy atom. The maximum absolute atomic E-state index is 6.02. The molecule has 0 aliphatic rings. The van der Waals surface area contributed by atoms with E-state index in [9.17, 15) is 0 Å². The lowest BCUT2D eigenvalue weighted by atomic mass is 10.2. The fraction of sp³-hybridized carbons (Fsp3) is 0.111. The minimum Gasteiger partial charge on any atom is -0.454 e. The fourth-order valence-electron chi connectivity index (χ4n) is 2.24. The lowest BCUT2D eigenvalue weighted by Gasteiger charge is -2.09. The molecule has 0 atom stereocenters. The van der Waals surface area contributed by atoms with Crippen molar-refractivity contribution in [1.82, 2.24) is 19.9 Å². The first-order valence-corrected chi connectivity index (χ1v) is 7.98. The van der Waals surface area contributed by atoms with Gasteiger partial charge in [-0.1, -0.05) is 31.5 Å². The van der Waals surface area contributed by atoms with Crippen molar-refractivity contribution in [3.8, 4) is 11.5 Å². The molecule has 0 radical (unpaired) electrons. The van der Waals surface area contributed by atoms with E-state index in [0.717, 1.165) is 10.9 Å². The van der Waals surface area contributed by atoms with Crippen molar-refractivity contribution >= 4 is 33.7 Å². The summed E-state index contributed by atoms with van der Waals surface area (Å²) in [6.07, 6.45) is 4.84. The highest BCUT2D eigenvalue weighted by Gasteiger charge is 2.09. The van der Waals surface area contributed by atoms with Gasteiger partial charge in [-0.15, -0.1) is 0 Å². The van der Waals surface area contributed by atoms with E-state index in [1.807, 2.05) is 44.2 Å². The Labute approximate surface area is 144 Å². The van der Waals surface area contributed by atoms with Crippen LogP contribution in [0.5, 0.6) is 11.5 Å². The van der Waals surface area contributed by atoms with Crippen molar-refractivity contribution in [2.75, 3.05) is 0 Å². The molecule has 0 aliphatic heterocycles. The number of halogens is 1. The first kappa shape index (κ1) is 16.1. The van der Waals surface area contributed by atoms with Gasteiger partial charge in [0.05, 0.1) is 11.7 Å². The number of hydrogen-bond acceptors (Lipinski definition) is 5. The number of aromatic nitrogens is 4. The maximum Gasteiger partial charge on any atom is 0.183 e. The number of pyridine rings is 2. The van der Waals surface area contributed by atoms with Crippen molar-refractivity contribution in [2.45, 2.75) is 13.8 Å². The van der Waals surface area contributed by atoms with Gasteiger partial charge in [0.25, 0.3) is 0 Å². The second-order valence-electron chi connectivity index (χ2n) is 4.60. The smallest absolute Gasteiger partial charge is 0.183 e. The van der Waals surface area contributed by atoms with Gasteiger partial charge in [0.1, 0.15) is 10.9 Å². The Balaban J connectivity index is 0.000000815. The van der Waals surface area contributed by atoms with E-state index in [0.29, 0.717) is 27.8 Å². The highest BCUT2D eigenvalue weighted by atomic mass is 35.5. The van der Waals surface area contributed by atoms with Gasteiger partial charge < -0.3 is 4.74 Å². The van der Waals surface area contributed by atoms with Gasteiger partial charge in [0.2, 0.25) is 0 Å². The third-order valence-corrected chi connectivity index (χ3v) is 3.39. The van der Waals surface area contributed by atoms with Crippen LogP contribution in [0.1, 0.15) is 13.8 Å². The van der Waals surface area contributed by atoms with E-state index >= 15 is 0 Å². The number of hydrogen-bond donors (Lipinski definition) is 0. The lowest BCUT2D eigenvalue weighted by molar-refractivity contribution is 0.492. The number of nitrogens with zero attached hydrogens (tertiary/aromatic N) is 4. The summed E-state index contributed by atoms with van der Waals surface area (Å²) in [6, 6.07) is 11.3. The van der Waals surface area contributed by atoms with Crippen LogP contribution < -0.4 is 4.74 Å². The molecule has 0 unspecified atom stereocenters. The van der Waals surface area contributed by atoms with Crippen LogP contribution in [0.4, 0.5) is 0 Å². The van der Waals surface area contributed by atoms with Crippen molar-refractivity contribution in [1.29, 1.82) is 0 Å². The molecule has 0 bridgehead atoms. The second kappa shape index (κ2) is 7.19. The number of ether oxygens (including phenoxy) is 1. The first-order valence-electron chi connectivity index (χ1n) is 7.60. The molecule has 4 rings (SSSR count). The zero-order chi connectivity index (χ0) is 16.9. The quantitative estimate of drug-likeness (QED) is 0.512. The molecular weight excluding hydrogens is 324 g/mol. The topological polar surface area (TPSA) is 60.8 Å². The first-order chi connectivity index (χ1) is 11.8. The molecule has 3 heterocycles. The van der Waals surface area contributed by atoms with Crippen LogP contribution >= 0.6 is 11.6 Å². The van der Waals surface area contributed by atoms with Crippen LogP contribution in [0.15, 0.2) is 55.0 Å². The van der Waals surface area contributed by atoms with E-state index in [4.69, 9.17) is 16.3 Å². The summed E-state index contributed by atoms with van der Waals surface area (Å²) in [5.74, 6) is 1.28. The van der Waals surface area contributed by atoms with E-state index in [-0.39, 0.29) is 0 Å². The number of rotatable bonds is 2. The molecule has 24 heavy (non-hydrogen) atoms. The normalized spacial score (nSPS) is 10.3. The molecule has 0 amide bonds. The number of fused-ring (bicyclic) bond motifs is 2. The Hall–Kier alpha value is -2.79. The van der Waals surface area contributed by atoms with Gasteiger partial charge in [-0.3, -0.25) is 4.98 Å². The van der Waals surface area contributed by atoms with Gasteiger partial charge in [-0.05, 0) is 24.3 Å². The standard InChI is InChI=1S/C16H9ClN4O.C2H6/c17-14-9-20-15-13(6-8-19-16(15)21-14)22-12-5-1-4-11-10(12)3-2-7-18-11;1-2/h1-9H;1-2H3. The van der Waals surface area contributed by atoms with E-state index in [1.165, 1.54) is 6.20 Å². The zero-order valence-corrected chi connectivity index (χ0v) is 14.0. The van der Waals surface area contributed by atoms with Crippen LogP contribution in [-0.2, 0) is 0 Å². The molecule has 0 saturated carbocycles. The van der Waals surface area contributed by atoms with Crippen LogP contribution in [0.25, 0.3) is 22.1 Å². The molecule has 0 saturated heterocycles. The molecule has 0 N–H and O–H groups in total. The minimum absolute atomic E-state index is 0.298. The fourth-order valence-corrected chi connectivity index (χ4v) is 2.37. The van der Waals surface area contributed by atoms with Crippen LogP contribution in [0.3, 0.4) is 0 Å². The summed E-state index contributed by atoms with van der Waals surface area (Å²) >= 11 is 5.85. The summed E-state index contributed by atoms with van der Waals surface area (Å²) in [7, 11) is 0. The van der Waals surface area contributed by atoms with E-state index < -0.39 is 0 Å². The predicted molar refractivity (Wildman–Crippen MR) is 95.5 cm³/mol. The lowest BCUT2D eigenvalue weighted by Crippen LogP contribution is -1.93. The van der Waals surface area contributed by atoms with Crippen molar-refractivity contribution in [2.24, 2.45) is 0 Å². The molecule has 0 fully saturated rings. The summed E-state index contributed by atoms with van der Waals surface area (Å²) in [5, 5.41) is 1.23. The molecule has 3 aromatic heterocycles. The van der Waals surface area contributed by atoms with Crippen molar-refractivity contribution in [3.63, 3.8) is 0 Å². The average Bonchev–Trinajstić information content (AvgIpc) is 2.64. The predicted octanol–water partition coefficient (Wildman–Crippen LogP) is 5.04. The molecule has 120 valence electrons. The Bertz CT molecular complexity index is 985. The van der Waals surface area contributed by atoms with Gasteiger partial charge >= 0.3 is 0 Å². The second-order valence-corrected chi connectivity index (χ2v) is 4.99. The Morgan fingerprint density at radius 1 is 0.875 bits per heavy atom. The summed E-state index contributed by atoms with van der Waals surface area (Å²) in [5.41, 5.74) is 1.88. The van der Waals surface area contributed by atoms with Crippen LogP contribution in [0.2, 0.25) is 5.15 Å². The average molecular weight is 339 g/mol. The molecule has 6 heteroatoms. The van der Waals surface area contributed by atoms with Crippen LogP contribution in [-0.4, -0.2) is 19.9 Å². The Kier molecular flexibility index (Phi) is 4.82. The largest absolute Gasteiger partial charge is 0.454 e. The summed E-state index contributed by atoms with van der Waals surface area (Å²) in [4.78, 5) is 16.9. The minimum atomic E-state index is 0.298. The highest BCUT2D eigenvalue weighted by Crippen LogP contribution is 2.31. The van der Waals surface area contributed by atoms with Gasteiger partial charge in [-0.2, -0.15) is 0 Å². The van der Waals surface area contributed by atoms with Gasteiger partial charge in [0, 0.05) is 23.8 Å². The Morgan fingerprint density at radius 3 is 2.62 bits per heavy atom. The third kappa shape index (κ3) is 3.12. The summed E-state index contributed by atoms with van der Waals surface area (Å²) in [6.45, 7) is 4.00. The van der Waals surface area contributed by atoms with Crippen LogP contribution in [0, 0.1) is 0 Å². The number of benzene rings is 1. The summed E-state index contributed by atoms with van der Waals surface area (Å²) < 4.78 is 6.02. The molecule has 5 nitrogen and oxygen atoms in total. The third-order valence-electron chi connectivity index (χ3n) is 3.21. The maximum atomic E-state index is 6.02. The van der Waals surface area contributed by atoms with Crippen molar-refractivity contribution < 1.29 is 4.74 Å². The molecular formula is C18H15ClN4O. The highest BCUT2D eigenvalue weighted by molar-refractivity contribution is 6.29. The SMILES string of the molecule is CC.Clc1cnc2c(Oc3cccc4ncccc34)ccnc2n1. The van der Waals surface area contributed by atoms with Crippen molar-refractivity contribution in [3.05, 3.63) is 60.1 Å². The van der Waals surface area contributed by atoms with E-state index in [2.05, 4.69) is 19.9 Å². The molecule has 0 spiro atoms. The zero-order valence-electron chi connectivity index (χ0n) is 13.3. The molecule has 0 aliphatic carbocycles. The molecule has 4 aromatic rings. The van der Waals surface area contributed by atoms with Gasteiger partial charge in [0.15, 0.2) is 16.9 Å². The monoisotopic (exact) mass is 338 g/mol. The molecule has 1 aromatic carbocycles.